The van der Waals surface area contributed by atoms with E-state index in [1.807, 2.05) is 30.3 Å². The number of ether oxygens (including phenoxy) is 4. The predicted octanol–water partition coefficient (Wildman–Crippen LogP) is 3.04. The summed E-state index contributed by atoms with van der Waals surface area (Å²) in [5, 5.41) is 0. The molecule has 0 fully saturated rings. The predicted molar refractivity (Wildman–Crippen MR) is 105 cm³/mol. The number of cyclic esters (lactones) is 1. The average Bonchev–Trinajstić information content (AvgIpc) is 3.13. The molecule has 2 aromatic carbocycles. The maximum atomic E-state index is 13.1. The smallest absolute Gasteiger partial charge is 0.336 e. The molecular weight excluding hydrogens is 374 g/mol. The van der Waals surface area contributed by atoms with Gasteiger partial charge in [-0.2, -0.15) is 0 Å². The Balaban J connectivity index is 1.88. The summed E-state index contributed by atoms with van der Waals surface area (Å²) >= 11 is 0. The topological polar surface area (TPSA) is 74.3 Å². The first-order valence-electron chi connectivity index (χ1n) is 9.17. The molecular formula is C22H21NO6. The summed E-state index contributed by atoms with van der Waals surface area (Å²) in [4.78, 5) is 27.3. The number of amides is 1. The second-order valence-corrected chi connectivity index (χ2v) is 6.68. The number of rotatable bonds is 5. The molecule has 0 radical (unpaired) electrons. The fourth-order valence-corrected chi connectivity index (χ4v) is 4.00. The third-order valence-electron chi connectivity index (χ3n) is 5.24. The van der Waals surface area contributed by atoms with Crippen LogP contribution in [0, 0.1) is 0 Å². The molecule has 2 aliphatic rings. The molecule has 1 atom stereocenters. The maximum Gasteiger partial charge on any atom is 0.336 e. The van der Waals surface area contributed by atoms with Gasteiger partial charge in [-0.05, 0) is 18.2 Å². The quantitative estimate of drug-likeness (QED) is 0.725. The van der Waals surface area contributed by atoms with Crippen LogP contribution < -0.4 is 19.1 Å². The molecule has 150 valence electrons. The van der Waals surface area contributed by atoms with Crippen LogP contribution in [-0.2, 0) is 14.3 Å². The van der Waals surface area contributed by atoms with Crippen molar-refractivity contribution in [3.05, 3.63) is 59.3 Å². The summed E-state index contributed by atoms with van der Waals surface area (Å²) in [5.74, 6) is 0.320. The lowest BCUT2D eigenvalue weighted by molar-refractivity contribution is -0.136. The van der Waals surface area contributed by atoms with Crippen LogP contribution in [0.5, 0.6) is 17.2 Å². The van der Waals surface area contributed by atoms with Gasteiger partial charge < -0.3 is 18.9 Å². The molecule has 4 rings (SSSR count). The summed E-state index contributed by atoms with van der Waals surface area (Å²) in [5.41, 5.74) is 2.43. The minimum absolute atomic E-state index is 0.0565. The highest BCUT2D eigenvalue weighted by molar-refractivity contribution is 6.06. The number of carbonyl (C=O) groups excluding carboxylic acids is 2. The Kier molecular flexibility index (Phi) is 4.88. The zero-order valence-corrected chi connectivity index (χ0v) is 16.4. The number of para-hydroxylation sites is 1. The second kappa shape index (κ2) is 7.50. The van der Waals surface area contributed by atoms with Gasteiger partial charge in [-0.25, -0.2) is 4.79 Å². The van der Waals surface area contributed by atoms with Gasteiger partial charge in [0.25, 0.3) is 0 Å². The molecule has 2 aliphatic heterocycles. The normalized spacial score (nSPS) is 18.4. The first-order chi connectivity index (χ1) is 14.1. The van der Waals surface area contributed by atoms with Crippen LogP contribution in [0.4, 0.5) is 5.69 Å². The summed E-state index contributed by atoms with van der Waals surface area (Å²) in [6.07, 6.45) is 0.106. The Hall–Kier alpha value is -3.48. The van der Waals surface area contributed by atoms with E-state index in [1.54, 1.807) is 17.0 Å². The number of hydrogen-bond donors (Lipinski definition) is 0. The van der Waals surface area contributed by atoms with E-state index >= 15 is 0 Å². The molecule has 0 saturated carbocycles. The van der Waals surface area contributed by atoms with Gasteiger partial charge in [0, 0.05) is 23.6 Å². The first-order valence-corrected chi connectivity index (χ1v) is 9.17. The van der Waals surface area contributed by atoms with Gasteiger partial charge in [0.2, 0.25) is 11.7 Å². The van der Waals surface area contributed by atoms with Crippen molar-refractivity contribution in [1.29, 1.82) is 0 Å². The van der Waals surface area contributed by atoms with Gasteiger partial charge in [0.15, 0.2) is 11.5 Å². The molecule has 7 nitrogen and oxygen atoms in total. The Morgan fingerprint density at radius 1 is 0.931 bits per heavy atom. The van der Waals surface area contributed by atoms with Crippen LogP contribution >= 0.6 is 0 Å². The first kappa shape index (κ1) is 18.9. The maximum absolute atomic E-state index is 13.1. The van der Waals surface area contributed by atoms with Gasteiger partial charge in [0.1, 0.15) is 6.61 Å². The van der Waals surface area contributed by atoms with E-state index in [1.165, 1.54) is 21.3 Å². The number of nitrogens with zero attached hydrogens (tertiary/aromatic N) is 1. The van der Waals surface area contributed by atoms with Gasteiger partial charge in [-0.1, -0.05) is 24.3 Å². The molecule has 2 heterocycles. The van der Waals surface area contributed by atoms with Crippen LogP contribution in [0.1, 0.15) is 17.9 Å². The molecule has 0 spiro atoms. The van der Waals surface area contributed by atoms with E-state index in [0.29, 0.717) is 39.8 Å². The average molecular weight is 395 g/mol. The molecule has 0 unspecified atom stereocenters. The van der Waals surface area contributed by atoms with Crippen molar-refractivity contribution in [2.24, 2.45) is 0 Å². The number of benzene rings is 2. The molecule has 29 heavy (non-hydrogen) atoms. The van der Waals surface area contributed by atoms with Crippen molar-refractivity contribution in [2.45, 2.75) is 12.3 Å². The molecule has 0 bridgehead atoms. The van der Waals surface area contributed by atoms with Crippen molar-refractivity contribution < 1.29 is 28.5 Å². The van der Waals surface area contributed by atoms with Crippen molar-refractivity contribution in [3.63, 3.8) is 0 Å². The molecule has 2 aromatic rings. The summed E-state index contributed by atoms with van der Waals surface area (Å²) in [6.45, 7) is 0.0565. The van der Waals surface area contributed by atoms with Gasteiger partial charge in [-0.15, -0.1) is 0 Å². The van der Waals surface area contributed by atoms with Crippen LogP contribution in [0.15, 0.2) is 53.7 Å². The van der Waals surface area contributed by atoms with E-state index in [9.17, 15) is 9.59 Å². The lowest BCUT2D eigenvalue weighted by atomic mass is 9.83. The van der Waals surface area contributed by atoms with E-state index in [2.05, 4.69) is 0 Å². The molecule has 0 saturated heterocycles. The SMILES string of the molecule is COc1ccc([C@@H]2CC(=O)N(c3ccccc3)C3=C2C(=O)OC3)c(OC)c1OC. The lowest BCUT2D eigenvalue weighted by Gasteiger charge is -2.32. The molecule has 0 aromatic heterocycles. The Morgan fingerprint density at radius 3 is 2.31 bits per heavy atom. The number of anilines is 1. The zero-order chi connectivity index (χ0) is 20.5. The lowest BCUT2D eigenvalue weighted by Crippen LogP contribution is -2.37. The number of esters is 1. The molecule has 0 aliphatic carbocycles. The number of methoxy groups -OCH3 is 3. The van der Waals surface area contributed by atoms with Crippen molar-refractivity contribution in [2.75, 3.05) is 32.8 Å². The molecule has 1 amide bonds. The fourth-order valence-electron chi connectivity index (χ4n) is 4.00. The number of carbonyl (C=O) groups is 2. The summed E-state index contributed by atoms with van der Waals surface area (Å²) in [7, 11) is 4.57. The number of hydrogen-bond acceptors (Lipinski definition) is 6. The fraction of sp³-hybridized carbons (Fsp3) is 0.273. The second-order valence-electron chi connectivity index (χ2n) is 6.68. The van der Waals surface area contributed by atoms with E-state index < -0.39 is 11.9 Å². The highest BCUT2D eigenvalue weighted by Gasteiger charge is 2.44. The standard InChI is InChI=1S/C22H21NO6/c1-26-17-10-9-14(20(27-2)21(17)28-3)15-11-18(24)23(13-7-5-4-6-8-13)16-12-29-22(25)19(15)16/h4-10,15H,11-12H2,1-3H3/t15-/m0/s1. The van der Waals surface area contributed by atoms with E-state index in [0.717, 1.165) is 0 Å². The summed E-state index contributed by atoms with van der Waals surface area (Å²) < 4.78 is 21.7. The Bertz CT molecular complexity index is 998. The minimum atomic E-state index is -0.498. The Morgan fingerprint density at radius 2 is 1.66 bits per heavy atom. The Labute approximate surface area is 168 Å². The van der Waals surface area contributed by atoms with Gasteiger partial charge in [0.05, 0.1) is 32.6 Å². The minimum Gasteiger partial charge on any atom is -0.493 e. The summed E-state index contributed by atoms with van der Waals surface area (Å²) in [6, 6.07) is 12.8. The largest absolute Gasteiger partial charge is 0.493 e. The van der Waals surface area contributed by atoms with Crippen LogP contribution in [-0.4, -0.2) is 39.8 Å². The molecule has 7 heteroatoms. The van der Waals surface area contributed by atoms with Crippen LogP contribution in [0.3, 0.4) is 0 Å². The van der Waals surface area contributed by atoms with E-state index in [4.69, 9.17) is 18.9 Å². The third kappa shape index (κ3) is 2.99. The third-order valence-corrected chi connectivity index (χ3v) is 5.24. The highest BCUT2D eigenvalue weighted by atomic mass is 16.5. The van der Waals surface area contributed by atoms with E-state index in [-0.39, 0.29) is 18.9 Å². The van der Waals surface area contributed by atoms with Crippen LogP contribution in [0.25, 0.3) is 0 Å². The van der Waals surface area contributed by atoms with Crippen molar-refractivity contribution >= 4 is 17.6 Å². The van der Waals surface area contributed by atoms with Crippen molar-refractivity contribution in [1.82, 2.24) is 0 Å². The van der Waals surface area contributed by atoms with Gasteiger partial charge in [-0.3, -0.25) is 9.69 Å². The highest BCUT2D eigenvalue weighted by Crippen LogP contribution is 2.49. The van der Waals surface area contributed by atoms with Crippen LogP contribution in [0.2, 0.25) is 0 Å². The monoisotopic (exact) mass is 395 g/mol. The zero-order valence-electron chi connectivity index (χ0n) is 16.4. The van der Waals surface area contributed by atoms with Crippen molar-refractivity contribution in [3.8, 4) is 17.2 Å². The molecule has 0 N–H and O–H groups in total. The van der Waals surface area contributed by atoms with Gasteiger partial charge >= 0.3 is 5.97 Å².